The maximum atomic E-state index is 13.3. The van der Waals surface area contributed by atoms with Crippen molar-refractivity contribution in [2.45, 2.75) is 6.18 Å². The molecule has 0 saturated carbocycles. The number of amides is 1. The van der Waals surface area contributed by atoms with Gasteiger partial charge < -0.3 is 10.6 Å². The number of anilines is 3. The Hall–Kier alpha value is -3.13. The lowest BCUT2D eigenvalue weighted by Crippen LogP contribution is -2.15. The molecule has 0 aliphatic heterocycles. The SMILES string of the molecule is O=C(Nc1cccc(C(F)(F)F)c1)c1cc(Cl)cc(Nc2cccc(F)c2)n1. The molecule has 2 N–H and O–H groups in total. The lowest BCUT2D eigenvalue weighted by atomic mass is 10.2. The third kappa shape index (κ3) is 4.98. The van der Waals surface area contributed by atoms with Crippen molar-refractivity contribution in [2.24, 2.45) is 0 Å². The Kier molecular flexibility index (Phi) is 5.51. The van der Waals surface area contributed by atoms with Crippen molar-refractivity contribution in [1.29, 1.82) is 0 Å². The van der Waals surface area contributed by atoms with Crippen molar-refractivity contribution < 1.29 is 22.4 Å². The van der Waals surface area contributed by atoms with Crippen molar-refractivity contribution in [3.8, 4) is 0 Å². The van der Waals surface area contributed by atoms with Crippen LogP contribution >= 0.6 is 11.6 Å². The van der Waals surface area contributed by atoms with E-state index in [1.54, 1.807) is 6.07 Å². The molecular weight excluding hydrogens is 398 g/mol. The number of hydrogen-bond acceptors (Lipinski definition) is 3. The summed E-state index contributed by atoms with van der Waals surface area (Å²) in [4.78, 5) is 16.5. The van der Waals surface area contributed by atoms with Crippen LogP contribution in [0.2, 0.25) is 5.02 Å². The number of nitrogens with one attached hydrogen (secondary N) is 2. The van der Waals surface area contributed by atoms with Crippen LogP contribution in [0.4, 0.5) is 34.8 Å². The van der Waals surface area contributed by atoms with Crippen molar-refractivity contribution in [3.05, 3.63) is 82.8 Å². The summed E-state index contributed by atoms with van der Waals surface area (Å²) in [6.45, 7) is 0. The number of halogens is 5. The molecule has 1 heterocycles. The molecule has 0 bridgehead atoms. The predicted octanol–water partition coefficient (Wildman–Crippen LogP) is 5.89. The normalized spacial score (nSPS) is 11.2. The summed E-state index contributed by atoms with van der Waals surface area (Å²) in [5.74, 6) is -1.04. The molecule has 9 heteroatoms. The van der Waals surface area contributed by atoms with Gasteiger partial charge in [-0.1, -0.05) is 23.7 Å². The van der Waals surface area contributed by atoms with Crippen molar-refractivity contribution in [2.75, 3.05) is 10.6 Å². The molecule has 0 radical (unpaired) electrons. The van der Waals surface area contributed by atoms with Crippen LogP contribution in [-0.4, -0.2) is 10.9 Å². The van der Waals surface area contributed by atoms with Gasteiger partial charge in [0.1, 0.15) is 17.3 Å². The topological polar surface area (TPSA) is 54.0 Å². The molecular formula is C19H12ClF4N3O. The van der Waals surface area contributed by atoms with Crippen molar-refractivity contribution in [3.63, 3.8) is 0 Å². The number of benzene rings is 2. The third-order valence-electron chi connectivity index (χ3n) is 3.57. The maximum Gasteiger partial charge on any atom is 0.416 e. The fourth-order valence-electron chi connectivity index (χ4n) is 2.36. The van der Waals surface area contributed by atoms with Crippen LogP contribution in [0.1, 0.15) is 16.1 Å². The molecule has 0 saturated heterocycles. The van der Waals surface area contributed by atoms with Crippen molar-refractivity contribution >= 4 is 34.7 Å². The predicted molar refractivity (Wildman–Crippen MR) is 98.3 cm³/mol. The first-order chi connectivity index (χ1) is 13.2. The van der Waals surface area contributed by atoms with E-state index < -0.39 is 23.5 Å². The molecule has 1 amide bonds. The van der Waals surface area contributed by atoms with Crippen molar-refractivity contribution in [1.82, 2.24) is 4.98 Å². The average Bonchev–Trinajstić information content (AvgIpc) is 2.61. The zero-order valence-corrected chi connectivity index (χ0v) is 14.8. The van der Waals surface area contributed by atoms with Gasteiger partial charge in [0.2, 0.25) is 0 Å². The molecule has 144 valence electrons. The number of alkyl halides is 3. The van der Waals surface area contributed by atoms with E-state index in [1.165, 1.54) is 42.5 Å². The molecule has 4 nitrogen and oxygen atoms in total. The third-order valence-corrected chi connectivity index (χ3v) is 3.79. The van der Waals surface area contributed by atoms with Crippen LogP contribution in [0.5, 0.6) is 0 Å². The Morgan fingerprint density at radius 3 is 2.39 bits per heavy atom. The highest BCUT2D eigenvalue weighted by Gasteiger charge is 2.30. The lowest BCUT2D eigenvalue weighted by molar-refractivity contribution is -0.137. The summed E-state index contributed by atoms with van der Waals surface area (Å²) in [5.41, 5.74) is -0.665. The van der Waals surface area contributed by atoms with E-state index in [2.05, 4.69) is 15.6 Å². The molecule has 0 aliphatic carbocycles. The number of nitrogens with zero attached hydrogens (tertiary/aromatic N) is 1. The van der Waals surface area contributed by atoms with E-state index in [9.17, 15) is 22.4 Å². The number of carbonyl (C=O) groups excluding carboxylic acids is 1. The van der Waals surface area contributed by atoms with Crippen LogP contribution in [0.25, 0.3) is 0 Å². The van der Waals surface area contributed by atoms with Crippen LogP contribution in [-0.2, 0) is 6.18 Å². The van der Waals surface area contributed by atoms with Gasteiger partial charge in [0.25, 0.3) is 5.91 Å². The first-order valence-electron chi connectivity index (χ1n) is 7.89. The van der Waals surface area contributed by atoms with Crippen LogP contribution < -0.4 is 10.6 Å². The Morgan fingerprint density at radius 1 is 0.964 bits per heavy atom. The van der Waals surface area contributed by atoms with E-state index in [4.69, 9.17) is 11.6 Å². The van der Waals surface area contributed by atoms with Crippen LogP contribution in [0, 0.1) is 5.82 Å². The molecule has 2 aromatic carbocycles. The van der Waals surface area contributed by atoms with Gasteiger partial charge >= 0.3 is 6.18 Å². The average molecular weight is 410 g/mol. The first-order valence-corrected chi connectivity index (χ1v) is 8.27. The van der Waals surface area contributed by atoms with Gasteiger partial charge in [0.15, 0.2) is 0 Å². The zero-order chi connectivity index (χ0) is 20.3. The monoisotopic (exact) mass is 409 g/mol. The van der Waals surface area contributed by atoms with E-state index >= 15 is 0 Å². The Balaban J connectivity index is 1.81. The fourth-order valence-corrected chi connectivity index (χ4v) is 2.57. The second-order valence-electron chi connectivity index (χ2n) is 5.72. The van der Waals surface area contributed by atoms with Gasteiger partial charge in [-0.3, -0.25) is 4.79 Å². The first kappa shape index (κ1) is 19.6. The molecule has 28 heavy (non-hydrogen) atoms. The van der Waals surface area contributed by atoms with Crippen LogP contribution in [0.15, 0.2) is 60.7 Å². The summed E-state index contributed by atoms with van der Waals surface area (Å²) in [5, 5.41) is 5.33. The Bertz CT molecular complexity index is 1020. The summed E-state index contributed by atoms with van der Waals surface area (Å²) in [6, 6.07) is 12.5. The smallest absolute Gasteiger partial charge is 0.340 e. The lowest BCUT2D eigenvalue weighted by Gasteiger charge is -2.11. The Labute approximate surface area is 162 Å². The molecule has 0 aliphatic rings. The summed E-state index contributed by atoms with van der Waals surface area (Å²) in [7, 11) is 0. The van der Waals surface area contributed by atoms with Gasteiger partial charge in [-0.15, -0.1) is 0 Å². The largest absolute Gasteiger partial charge is 0.416 e. The highest BCUT2D eigenvalue weighted by atomic mass is 35.5. The van der Waals surface area contributed by atoms with Gasteiger partial charge in [0.05, 0.1) is 5.56 Å². The van der Waals surface area contributed by atoms with Gasteiger partial charge in [-0.2, -0.15) is 13.2 Å². The molecule has 0 atom stereocenters. The minimum absolute atomic E-state index is 0.0405. The maximum absolute atomic E-state index is 13.3. The van der Waals surface area contributed by atoms with Gasteiger partial charge in [-0.05, 0) is 48.5 Å². The molecule has 0 fully saturated rings. The zero-order valence-electron chi connectivity index (χ0n) is 14.0. The number of rotatable bonds is 4. The standard InChI is InChI=1S/C19H12ClF4N3O/c20-12-8-16(27-17(9-12)25-15-6-2-4-13(21)10-15)18(28)26-14-5-1-3-11(7-14)19(22,23)24/h1-10H,(H,25,27)(H,26,28). The summed E-state index contributed by atoms with van der Waals surface area (Å²) in [6.07, 6.45) is -4.53. The second-order valence-corrected chi connectivity index (χ2v) is 6.16. The number of aromatic nitrogens is 1. The molecule has 1 aromatic heterocycles. The molecule has 0 spiro atoms. The van der Waals surface area contributed by atoms with Gasteiger partial charge in [-0.25, -0.2) is 9.37 Å². The van der Waals surface area contributed by atoms with E-state index in [1.807, 2.05) is 0 Å². The highest BCUT2D eigenvalue weighted by molar-refractivity contribution is 6.31. The van der Waals surface area contributed by atoms with E-state index in [0.717, 1.165) is 12.1 Å². The number of pyridine rings is 1. The minimum atomic E-state index is -4.53. The highest BCUT2D eigenvalue weighted by Crippen LogP contribution is 2.30. The van der Waals surface area contributed by atoms with E-state index in [-0.39, 0.29) is 22.2 Å². The second kappa shape index (κ2) is 7.85. The molecule has 0 unspecified atom stereocenters. The fraction of sp³-hybridized carbons (Fsp3) is 0.0526. The van der Waals surface area contributed by atoms with E-state index in [0.29, 0.717) is 5.69 Å². The molecule has 3 rings (SSSR count). The quantitative estimate of drug-likeness (QED) is 0.528. The van der Waals surface area contributed by atoms with Crippen LogP contribution in [0.3, 0.4) is 0 Å². The minimum Gasteiger partial charge on any atom is -0.340 e. The summed E-state index contributed by atoms with van der Waals surface area (Å²) < 4.78 is 51.7. The Morgan fingerprint density at radius 2 is 1.68 bits per heavy atom. The van der Waals surface area contributed by atoms with Gasteiger partial charge in [0, 0.05) is 16.4 Å². The summed E-state index contributed by atoms with van der Waals surface area (Å²) >= 11 is 6.00. The number of hydrogen-bond donors (Lipinski definition) is 2. The number of carbonyl (C=O) groups is 1. The molecule has 3 aromatic rings.